The first kappa shape index (κ1) is 18.3. The summed E-state index contributed by atoms with van der Waals surface area (Å²) in [6.45, 7) is 5.74. The Labute approximate surface area is 155 Å². The van der Waals surface area contributed by atoms with Gasteiger partial charge in [0.25, 0.3) is 0 Å². The lowest BCUT2D eigenvalue weighted by Crippen LogP contribution is -2.42. The maximum atomic E-state index is 9.59. The zero-order chi connectivity index (χ0) is 18.8. The molecule has 1 fully saturated rings. The first-order chi connectivity index (χ1) is 12.4. The van der Waals surface area contributed by atoms with Crippen LogP contribution in [0.4, 0.5) is 5.82 Å². The number of rotatable bonds is 4. The molecule has 2 aromatic heterocycles. The van der Waals surface area contributed by atoms with Gasteiger partial charge in [0.05, 0.1) is 17.4 Å². The maximum absolute atomic E-state index is 9.59. The van der Waals surface area contributed by atoms with Gasteiger partial charge in [-0.15, -0.1) is 5.10 Å². The third-order valence-electron chi connectivity index (χ3n) is 5.59. The van der Waals surface area contributed by atoms with Crippen LogP contribution in [0, 0.1) is 31.1 Å². The summed E-state index contributed by atoms with van der Waals surface area (Å²) in [6.07, 6.45) is 4.18. The van der Waals surface area contributed by atoms with Gasteiger partial charge in [0.1, 0.15) is 11.6 Å². The predicted molar refractivity (Wildman–Crippen MR) is 101 cm³/mol. The fourth-order valence-corrected chi connectivity index (χ4v) is 4.03. The molecule has 0 aromatic carbocycles. The van der Waals surface area contributed by atoms with Gasteiger partial charge in [-0.25, -0.2) is 0 Å². The van der Waals surface area contributed by atoms with Gasteiger partial charge in [0, 0.05) is 26.8 Å². The molecule has 138 valence electrons. The van der Waals surface area contributed by atoms with E-state index in [1.54, 1.807) is 0 Å². The molecule has 7 nitrogen and oxygen atoms in total. The summed E-state index contributed by atoms with van der Waals surface area (Å²) in [5.74, 6) is 1.11. The van der Waals surface area contributed by atoms with Gasteiger partial charge in [0.2, 0.25) is 0 Å². The van der Waals surface area contributed by atoms with Crippen LogP contribution in [0.3, 0.4) is 0 Å². The lowest BCUT2D eigenvalue weighted by atomic mass is 9.87. The van der Waals surface area contributed by atoms with Crippen molar-refractivity contribution in [2.45, 2.75) is 32.7 Å². The van der Waals surface area contributed by atoms with Crippen molar-refractivity contribution in [2.75, 3.05) is 32.1 Å². The maximum Gasteiger partial charge on any atom is 0.169 e. The van der Waals surface area contributed by atoms with E-state index >= 15 is 0 Å². The number of hydrogen-bond acceptors (Lipinski definition) is 6. The molecule has 0 saturated carbocycles. The molecule has 0 unspecified atom stereocenters. The molecule has 1 saturated heterocycles. The van der Waals surface area contributed by atoms with Crippen molar-refractivity contribution in [3.05, 3.63) is 34.8 Å². The summed E-state index contributed by atoms with van der Waals surface area (Å²) >= 11 is 0. The summed E-state index contributed by atoms with van der Waals surface area (Å²) in [5, 5.41) is 22.5. The quantitative estimate of drug-likeness (QED) is 0.839. The Morgan fingerprint density at radius 1 is 1.31 bits per heavy atom. The summed E-state index contributed by atoms with van der Waals surface area (Å²) in [7, 11) is 6.19. The van der Waals surface area contributed by atoms with E-state index in [9.17, 15) is 5.26 Å². The van der Waals surface area contributed by atoms with Crippen molar-refractivity contribution in [1.29, 1.82) is 5.26 Å². The molecule has 2 atom stereocenters. The zero-order valence-electron chi connectivity index (χ0n) is 16.3. The van der Waals surface area contributed by atoms with Crippen molar-refractivity contribution in [1.82, 2.24) is 24.9 Å². The van der Waals surface area contributed by atoms with Crippen LogP contribution in [0.5, 0.6) is 0 Å². The normalized spacial score (nSPS) is 20.8. The third-order valence-corrected chi connectivity index (χ3v) is 5.59. The molecule has 0 spiro atoms. The summed E-state index contributed by atoms with van der Waals surface area (Å²) in [6, 6.07) is 4.73. The standard InChI is InChI=1S/C19H27N7/c1-13-14(2)22-23-19(16(13)11-20)25(4)12-15-7-6-10-24(3)18(15)17-8-9-21-26(17)5/h8-9,15,18H,6-7,10,12H2,1-5H3/t15-,18+/m0/s1. The fourth-order valence-electron chi connectivity index (χ4n) is 4.03. The molecule has 0 aliphatic carbocycles. The Morgan fingerprint density at radius 2 is 2.08 bits per heavy atom. The van der Waals surface area contributed by atoms with E-state index in [-0.39, 0.29) is 0 Å². The van der Waals surface area contributed by atoms with Crippen LogP contribution in [0.15, 0.2) is 12.3 Å². The minimum Gasteiger partial charge on any atom is -0.357 e. The topological polar surface area (TPSA) is 73.9 Å². The van der Waals surface area contributed by atoms with Crippen LogP contribution in [0.2, 0.25) is 0 Å². The van der Waals surface area contributed by atoms with Gasteiger partial charge in [0.15, 0.2) is 5.82 Å². The first-order valence-electron chi connectivity index (χ1n) is 9.07. The highest BCUT2D eigenvalue weighted by Crippen LogP contribution is 2.36. The van der Waals surface area contributed by atoms with Crippen LogP contribution in [-0.2, 0) is 7.05 Å². The van der Waals surface area contributed by atoms with Crippen molar-refractivity contribution in [3.8, 4) is 6.07 Å². The summed E-state index contributed by atoms with van der Waals surface area (Å²) in [4.78, 5) is 4.50. The number of likely N-dealkylation sites (tertiary alicyclic amines) is 1. The average Bonchev–Trinajstić information content (AvgIpc) is 3.03. The minimum absolute atomic E-state index is 0.309. The smallest absolute Gasteiger partial charge is 0.169 e. The van der Waals surface area contributed by atoms with E-state index in [4.69, 9.17) is 0 Å². The Bertz CT molecular complexity index is 820. The molecule has 26 heavy (non-hydrogen) atoms. The van der Waals surface area contributed by atoms with E-state index in [0.29, 0.717) is 23.3 Å². The molecule has 2 aromatic rings. The Morgan fingerprint density at radius 3 is 2.73 bits per heavy atom. The summed E-state index contributed by atoms with van der Waals surface area (Å²) in [5.41, 5.74) is 3.58. The van der Waals surface area contributed by atoms with Crippen molar-refractivity contribution in [2.24, 2.45) is 13.0 Å². The highest BCUT2D eigenvalue weighted by Gasteiger charge is 2.33. The van der Waals surface area contributed by atoms with Crippen LogP contribution in [0.1, 0.15) is 41.4 Å². The number of aryl methyl sites for hydroxylation is 2. The molecule has 1 aliphatic rings. The second-order valence-electron chi connectivity index (χ2n) is 7.31. The van der Waals surface area contributed by atoms with Crippen LogP contribution in [0.25, 0.3) is 0 Å². The number of nitrogens with zero attached hydrogens (tertiary/aromatic N) is 7. The number of hydrogen-bond donors (Lipinski definition) is 0. The Balaban J connectivity index is 1.88. The van der Waals surface area contributed by atoms with E-state index in [1.807, 2.05) is 38.8 Å². The lowest BCUT2D eigenvalue weighted by Gasteiger charge is -2.41. The SMILES string of the molecule is Cc1nnc(N(C)C[C@@H]2CCCN(C)[C@H]2c2ccnn2C)c(C#N)c1C. The second kappa shape index (κ2) is 7.42. The molecule has 3 rings (SSSR count). The Hall–Kier alpha value is -2.46. The molecule has 7 heteroatoms. The molecule has 1 aliphatic heterocycles. The van der Waals surface area contributed by atoms with Gasteiger partial charge >= 0.3 is 0 Å². The van der Waals surface area contributed by atoms with E-state index < -0.39 is 0 Å². The Kier molecular flexibility index (Phi) is 5.23. The molecule has 0 radical (unpaired) electrons. The number of anilines is 1. The molecular formula is C19H27N7. The van der Waals surface area contributed by atoms with E-state index in [0.717, 1.165) is 30.8 Å². The van der Waals surface area contributed by atoms with Crippen molar-refractivity contribution < 1.29 is 0 Å². The molecule has 3 heterocycles. The van der Waals surface area contributed by atoms with Gasteiger partial charge in [-0.1, -0.05) is 0 Å². The van der Waals surface area contributed by atoms with Crippen LogP contribution < -0.4 is 4.90 Å². The fraction of sp³-hybridized carbons (Fsp3) is 0.579. The molecule has 0 bridgehead atoms. The highest BCUT2D eigenvalue weighted by molar-refractivity contribution is 5.57. The van der Waals surface area contributed by atoms with Gasteiger partial charge in [-0.3, -0.25) is 9.58 Å². The highest BCUT2D eigenvalue weighted by atomic mass is 15.3. The predicted octanol–water partition coefficient (Wildman–Crippen LogP) is 2.22. The molecule has 0 N–H and O–H groups in total. The number of nitriles is 1. The third kappa shape index (κ3) is 3.29. The van der Waals surface area contributed by atoms with Crippen molar-refractivity contribution >= 4 is 5.82 Å². The molecule has 0 amide bonds. The summed E-state index contributed by atoms with van der Waals surface area (Å²) < 4.78 is 1.97. The van der Waals surface area contributed by atoms with E-state index in [1.165, 1.54) is 12.1 Å². The second-order valence-corrected chi connectivity index (χ2v) is 7.31. The zero-order valence-corrected chi connectivity index (χ0v) is 16.3. The largest absolute Gasteiger partial charge is 0.357 e. The lowest BCUT2D eigenvalue weighted by molar-refractivity contribution is 0.118. The molecular weight excluding hydrogens is 326 g/mol. The number of piperidine rings is 1. The number of aromatic nitrogens is 4. The minimum atomic E-state index is 0.309. The first-order valence-corrected chi connectivity index (χ1v) is 9.07. The van der Waals surface area contributed by atoms with Crippen LogP contribution in [-0.4, -0.2) is 52.1 Å². The van der Waals surface area contributed by atoms with Gasteiger partial charge in [-0.05, 0) is 57.8 Å². The van der Waals surface area contributed by atoms with Gasteiger partial charge in [-0.2, -0.15) is 15.5 Å². The average molecular weight is 353 g/mol. The van der Waals surface area contributed by atoms with Gasteiger partial charge < -0.3 is 4.90 Å². The van der Waals surface area contributed by atoms with Crippen LogP contribution >= 0.6 is 0 Å². The monoisotopic (exact) mass is 353 g/mol. The van der Waals surface area contributed by atoms with E-state index in [2.05, 4.69) is 44.3 Å². The van der Waals surface area contributed by atoms with Crippen molar-refractivity contribution in [3.63, 3.8) is 0 Å².